The van der Waals surface area contributed by atoms with Gasteiger partial charge in [-0.25, -0.2) is 4.79 Å². The molecule has 1 unspecified atom stereocenters. The van der Waals surface area contributed by atoms with Crippen LogP contribution in [0.3, 0.4) is 0 Å². The van der Waals surface area contributed by atoms with Crippen LogP contribution in [-0.4, -0.2) is 42.1 Å². The molecule has 0 aliphatic carbocycles. The third-order valence-corrected chi connectivity index (χ3v) is 1.86. The lowest BCUT2D eigenvalue weighted by Gasteiger charge is -2.19. The number of aliphatic carboxylic acids is 1. The van der Waals surface area contributed by atoms with Crippen molar-refractivity contribution in [2.24, 2.45) is 5.92 Å². The van der Waals surface area contributed by atoms with Gasteiger partial charge in [0.25, 0.3) is 0 Å². The quantitative estimate of drug-likeness (QED) is 0.511. The summed E-state index contributed by atoms with van der Waals surface area (Å²) in [4.78, 5) is 23.2. The molecule has 5 nitrogen and oxygen atoms in total. The van der Waals surface area contributed by atoms with Crippen molar-refractivity contribution < 1.29 is 14.7 Å². The maximum atomic E-state index is 11.3. The summed E-state index contributed by atoms with van der Waals surface area (Å²) >= 11 is 0. The minimum atomic E-state index is -0.918. The van der Waals surface area contributed by atoms with Crippen LogP contribution in [-0.2, 0) is 4.79 Å². The van der Waals surface area contributed by atoms with Gasteiger partial charge in [0.05, 0.1) is 5.92 Å². The van der Waals surface area contributed by atoms with E-state index in [1.165, 1.54) is 4.90 Å². The number of carboxylic acid groups (broad SMARTS) is 1. The van der Waals surface area contributed by atoms with Crippen LogP contribution in [0.2, 0.25) is 0 Å². The Balaban J connectivity index is 3.89. The van der Waals surface area contributed by atoms with Gasteiger partial charge in [-0.05, 0) is 0 Å². The third kappa shape index (κ3) is 5.57. The molecule has 0 fully saturated rings. The van der Waals surface area contributed by atoms with Crippen molar-refractivity contribution in [3.63, 3.8) is 0 Å². The number of rotatable bonds is 5. The highest BCUT2D eigenvalue weighted by Gasteiger charge is 2.16. The minimum Gasteiger partial charge on any atom is -0.481 e. The normalized spacial score (nSPS) is 11.3. The Bertz CT molecular complexity index is 270. The number of nitrogens with one attached hydrogen (secondary N) is 1. The Labute approximate surface area is 89.4 Å². The molecule has 0 radical (unpaired) electrons. The van der Waals surface area contributed by atoms with Crippen LogP contribution in [0.15, 0.2) is 0 Å². The van der Waals surface area contributed by atoms with Gasteiger partial charge in [-0.3, -0.25) is 4.79 Å². The summed E-state index contributed by atoms with van der Waals surface area (Å²) in [5, 5.41) is 11.2. The Hall–Kier alpha value is -1.70. The molecule has 0 aliphatic rings. The van der Waals surface area contributed by atoms with E-state index in [9.17, 15) is 9.59 Å². The van der Waals surface area contributed by atoms with Crippen LogP contribution >= 0.6 is 0 Å². The van der Waals surface area contributed by atoms with Crippen LogP contribution in [0.5, 0.6) is 0 Å². The molecule has 2 N–H and O–H groups in total. The molecule has 0 rings (SSSR count). The minimum absolute atomic E-state index is 0.178. The van der Waals surface area contributed by atoms with Crippen molar-refractivity contribution in [2.75, 3.05) is 20.1 Å². The van der Waals surface area contributed by atoms with Gasteiger partial charge in [0.1, 0.15) is 0 Å². The summed E-state index contributed by atoms with van der Waals surface area (Å²) in [5.41, 5.74) is 0. The van der Waals surface area contributed by atoms with Gasteiger partial charge in [-0.2, -0.15) is 0 Å². The van der Waals surface area contributed by atoms with E-state index in [0.717, 1.165) is 0 Å². The maximum Gasteiger partial charge on any atom is 0.317 e. The smallest absolute Gasteiger partial charge is 0.317 e. The second-order valence-corrected chi connectivity index (χ2v) is 3.31. The average molecular weight is 212 g/mol. The predicted octanol–water partition coefficient (Wildman–Crippen LogP) is 0.372. The fourth-order valence-electron chi connectivity index (χ4n) is 0.948. The topological polar surface area (TPSA) is 69.6 Å². The first kappa shape index (κ1) is 13.3. The van der Waals surface area contributed by atoms with Gasteiger partial charge >= 0.3 is 12.0 Å². The van der Waals surface area contributed by atoms with Crippen molar-refractivity contribution in [1.82, 2.24) is 10.2 Å². The number of carboxylic acids is 1. The summed E-state index contributed by atoms with van der Waals surface area (Å²) < 4.78 is 0. The van der Waals surface area contributed by atoms with Crippen molar-refractivity contribution >= 4 is 12.0 Å². The molecule has 84 valence electrons. The second-order valence-electron chi connectivity index (χ2n) is 3.31. The van der Waals surface area contributed by atoms with E-state index in [1.54, 1.807) is 14.0 Å². The Morgan fingerprint density at radius 2 is 2.20 bits per heavy atom. The van der Waals surface area contributed by atoms with Gasteiger partial charge in [0.15, 0.2) is 0 Å². The predicted molar refractivity (Wildman–Crippen MR) is 56.3 cm³/mol. The average Bonchev–Trinajstić information content (AvgIpc) is 2.17. The molecule has 0 saturated heterocycles. The van der Waals surface area contributed by atoms with E-state index in [1.807, 2.05) is 0 Å². The summed E-state index contributed by atoms with van der Waals surface area (Å²) in [6.07, 6.45) is 5.49. The lowest BCUT2D eigenvalue weighted by atomic mass is 10.2. The highest BCUT2D eigenvalue weighted by atomic mass is 16.4. The molecule has 0 saturated carbocycles. The molecule has 0 aromatic carbocycles. The molecular weight excluding hydrogens is 196 g/mol. The standard InChI is InChI=1S/C10H16N2O3/c1-4-5-6-11-10(15)12(3)7-8(2)9(13)14/h1,8H,5-7H2,2-3H3,(H,11,15)(H,13,14). The highest BCUT2D eigenvalue weighted by Crippen LogP contribution is 1.98. The van der Waals surface area contributed by atoms with Gasteiger partial charge in [0.2, 0.25) is 0 Å². The largest absolute Gasteiger partial charge is 0.481 e. The number of carbonyl (C=O) groups excluding carboxylic acids is 1. The first-order chi connectivity index (χ1) is 6.99. The number of terminal acetylenes is 1. The van der Waals surface area contributed by atoms with Gasteiger partial charge in [-0.15, -0.1) is 12.3 Å². The van der Waals surface area contributed by atoms with Gasteiger partial charge in [0, 0.05) is 26.6 Å². The first-order valence-corrected chi connectivity index (χ1v) is 4.64. The molecule has 0 aromatic heterocycles. The van der Waals surface area contributed by atoms with Gasteiger partial charge in [-0.1, -0.05) is 6.92 Å². The van der Waals surface area contributed by atoms with E-state index in [-0.39, 0.29) is 12.6 Å². The Morgan fingerprint density at radius 1 is 1.60 bits per heavy atom. The van der Waals surface area contributed by atoms with Crippen LogP contribution in [0, 0.1) is 18.3 Å². The zero-order valence-electron chi connectivity index (χ0n) is 8.99. The molecule has 5 heteroatoms. The maximum absolute atomic E-state index is 11.3. The monoisotopic (exact) mass is 212 g/mol. The van der Waals surface area contributed by atoms with E-state index < -0.39 is 11.9 Å². The fraction of sp³-hybridized carbons (Fsp3) is 0.600. The van der Waals surface area contributed by atoms with E-state index in [4.69, 9.17) is 11.5 Å². The molecular formula is C10H16N2O3. The van der Waals surface area contributed by atoms with Crippen molar-refractivity contribution in [1.29, 1.82) is 0 Å². The van der Waals surface area contributed by atoms with Crippen LogP contribution in [0.25, 0.3) is 0 Å². The van der Waals surface area contributed by atoms with Crippen molar-refractivity contribution in [3.8, 4) is 12.3 Å². The number of urea groups is 1. The van der Waals surface area contributed by atoms with E-state index >= 15 is 0 Å². The molecule has 1 atom stereocenters. The number of hydrogen-bond donors (Lipinski definition) is 2. The summed E-state index contributed by atoms with van der Waals surface area (Å²) in [6, 6.07) is -0.307. The van der Waals surface area contributed by atoms with Crippen LogP contribution in [0.4, 0.5) is 4.79 Å². The molecule has 0 aromatic rings. The number of amides is 2. The number of hydrogen-bond acceptors (Lipinski definition) is 2. The zero-order chi connectivity index (χ0) is 11.8. The molecule has 15 heavy (non-hydrogen) atoms. The fourth-order valence-corrected chi connectivity index (χ4v) is 0.948. The van der Waals surface area contributed by atoms with Gasteiger partial charge < -0.3 is 15.3 Å². The molecule has 0 aliphatic heterocycles. The van der Waals surface area contributed by atoms with Crippen molar-refractivity contribution in [2.45, 2.75) is 13.3 Å². The zero-order valence-corrected chi connectivity index (χ0v) is 8.99. The second kappa shape index (κ2) is 6.71. The molecule has 0 spiro atoms. The van der Waals surface area contributed by atoms with Crippen molar-refractivity contribution in [3.05, 3.63) is 0 Å². The lowest BCUT2D eigenvalue weighted by Crippen LogP contribution is -2.41. The summed E-state index contributed by atoms with van der Waals surface area (Å²) in [6.45, 7) is 2.13. The number of nitrogens with zero attached hydrogens (tertiary/aromatic N) is 1. The summed E-state index contributed by atoms with van der Waals surface area (Å²) in [7, 11) is 1.55. The molecule has 0 heterocycles. The van der Waals surface area contributed by atoms with Crippen LogP contribution in [0.1, 0.15) is 13.3 Å². The SMILES string of the molecule is C#CCCNC(=O)N(C)CC(C)C(=O)O. The molecule has 2 amide bonds. The highest BCUT2D eigenvalue weighted by molar-refractivity contribution is 5.75. The Kier molecular flexibility index (Phi) is 5.95. The van der Waals surface area contributed by atoms with E-state index in [2.05, 4.69) is 11.2 Å². The molecule has 0 bridgehead atoms. The van der Waals surface area contributed by atoms with E-state index in [0.29, 0.717) is 13.0 Å². The van der Waals surface area contributed by atoms with Crippen LogP contribution < -0.4 is 5.32 Å². The first-order valence-electron chi connectivity index (χ1n) is 4.64. The number of carbonyl (C=O) groups is 2. The summed E-state index contributed by atoms with van der Waals surface area (Å²) in [5.74, 6) is 0.900. The lowest BCUT2D eigenvalue weighted by molar-refractivity contribution is -0.141. The Morgan fingerprint density at radius 3 is 2.67 bits per heavy atom. The third-order valence-electron chi connectivity index (χ3n) is 1.86.